The minimum atomic E-state index is -0.112. The molecule has 24 heavy (non-hydrogen) atoms. The highest BCUT2D eigenvalue weighted by Gasteiger charge is 2.58. The van der Waals surface area contributed by atoms with Crippen molar-refractivity contribution in [2.24, 2.45) is 23.2 Å². The van der Waals surface area contributed by atoms with Crippen LogP contribution in [0.25, 0.3) is 0 Å². The van der Waals surface area contributed by atoms with Crippen LogP contribution >= 0.6 is 0 Å². The van der Waals surface area contributed by atoms with Crippen LogP contribution in [0.2, 0.25) is 0 Å². The van der Waals surface area contributed by atoms with Crippen molar-refractivity contribution in [3.63, 3.8) is 0 Å². The first-order valence-corrected chi connectivity index (χ1v) is 9.76. The van der Waals surface area contributed by atoms with Crippen molar-refractivity contribution in [3.05, 3.63) is 28.7 Å². The third kappa shape index (κ3) is 1.75. The molecule has 130 valence electrons. The molecule has 1 N–H and O–H groups in total. The van der Waals surface area contributed by atoms with Gasteiger partial charge < -0.3 is 9.63 Å². The van der Waals surface area contributed by atoms with Crippen molar-refractivity contribution in [2.45, 2.75) is 77.2 Å². The molecule has 0 aliphatic heterocycles. The molecule has 5 rings (SSSR count). The Labute approximate surface area is 144 Å². The fourth-order valence-corrected chi connectivity index (χ4v) is 7.14. The number of hydrogen-bond acceptors (Lipinski definition) is 3. The van der Waals surface area contributed by atoms with Gasteiger partial charge in [0.15, 0.2) is 0 Å². The zero-order valence-electron chi connectivity index (χ0n) is 15.1. The van der Waals surface area contributed by atoms with Crippen LogP contribution in [0.4, 0.5) is 0 Å². The van der Waals surface area contributed by atoms with Crippen LogP contribution in [0.3, 0.4) is 0 Å². The van der Waals surface area contributed by atoms with Gasteiger partial charge in [-0.3, -0.25) is 0 Å². The summed E-state index contributed by atoms with van der Waals surface area (Å²) in [4.78, 5) is 0. The van der Waals surface area contributed by atoms with Crippen LogP contribution < -0.4 is 0 Å². The zero-order valence-corrected chi connectivity index (χ0v) is 15.1. The summed E-state index contributed by atoms with van der Waals surface area (Å²) >= 11 is 0. The minimum absolute atomic E-state index is 0.112. The van der Waals surface area contributed by atoms with Crippen LogP contribution in [0.1, 0.15) is 69.4 Å². The van der Waals surface area contributed by atoms with Crippen molar-refractivity contribution in [1.82, 2.24) is 5.16 Å². The summed E-state index contributed by atoms with van der Waals surface area (Å²) < 4.78 is 5.69. The fraction of sp³-hybridized carbons (Fsp3) is 0.762. The molecular formula is C21H29NO2. The predicted octanol–water partition coefficient (Wildman–Crippen LogP) is 4.32. The van der Waals surface area contributed by atoms with E-state index in [1.807, 2.05) is 0 Å². The van der Waals surface area contributed by atoms with Gasteiger partial charge in [-0.2, -0.15) is 0 Å². The van der Waals surface area contributed by atoms with Gasteiger partial charge in [-0.05, 0) is 68.6 Å². The summed E-state index contributed by atoms with van der Waals surface area (Å²) in [7, 11) is 0. The van der Waals surface area contributed by atoms with Gasteiger partial charge in [-0.25, -0.2) is 0 Å². The molecule has 0 unspecified atom stereocenters. The Bertz CT molecular complexity index is 719. The Morgan fingerprint density at radius 1 is 1.12 bits per heavy atom. The average Bonchev–Trinajstić information content (AvgIpc) is 3.06. The smallest absolute Gasteiger partial charge is 0.141 e. The highest BCUT2D eigenvalue weighted by Crippen LogP contribution is 2.64. The number of rotatable bonds is 0. The van der Waals surface area contributed by atoms with Crippen LogP contribution in [-0.2, 0) is 11.8 Å². The molecule has 0 aromatic carbocycles. The van der Waals surface area contributed by atoms with Crippen molar-refractivity contribution < 1.29 is 9.63 Å². The first-order valence-electron chi connectivity index (χ1n) is 9.76. The molecule has 0 spiro atoms. The van der Waals surface area contributed by atoms with Crippen LogP contribution in [0, 0.1) is 30.1 Å². The van der Waals surface area contributed by atoms with Crippen molar-refractivity contribution >= 4 is 0 Å². The molecule has 2 saturated carbocycles. The lowest BCUT2D eigenvalue weighted by Gasteiger charge is -2.57. The molecule has 3 nitrogen and oxygen atoms in total. The van der Waals surface area contributed by atoms with E-state index in [1.165, 1.54) is 30.6 Å². The van der Waals surface area contributed by atoms with E-state index in [0.29, 0.717) is 11.3 Å². The Morgan fingerprint density at radius 2 is 1.92 bits per heavy atom. The molecule has 0 bridgehead atoms. The number of aliphatic hydroxyl groups excluding tert-OH is 1. The first kappa shape index (κ1) is 15.2. The molecule has 1 heterocycles. The second kappa shape index (κ2) is 4.75. The van der Waals surface area contributed by atoms with Crippen LogP contribution in [0.15, 0.2) is 16.2 Å². The van der Waals surface area contributed by atoms with Crippen LogP contribution in [-0.4, -0.2) is 16.4 Å². The molecular weight excluding hydrogens is 298 g/mol. The standard InChI is InChI=1S/C21H29NO2/c1-12-19-18(24-22-12)11-17-15-5-4-13-10-14(23)6-8-20(13,2)16(15)7-9-21(17,19)3/h4,14-17,23H,5-11H2,1-3H3/t14-,15+,16-,17-,20-,21-/m1/s1. The number of nitrogens with zero attached hydrogens (tertiary/aromatic N) is 1. The lowest BCUT2D eigenvalue weighted by molar-refractivity contribution is -0.0172. The van der Waals surface area contributed by atoms with Crippen molar-refractivity contribution in [2.75, 3.05) is 0 Å². The largest absolute Gasteiger partial charge is 0.393 e. The average molecular weight is 327 g/mol. The van der Waals surface area contributed by atoms with E-state index in [-0.39, 0.29) is 11.5 Å². The molecule has 4 aliphatic rings. The maximum Gasteiger partial charge on any atom is 0.141 e. The Kier molecular flexibility index (Phi) is 3.01. The summed E-state index contributed by atoms with van der Waals surface area (Å²) in [5.74, 6) is 3.41. The predicted molar refractivity (Wildman–Crippen MR) is 92.7 cm³/mol. The van der Waals surface area contributed by atoms with E-state index in [9.17, 15) is 5.11 Å². The van der Waals surface area contributed by atoms with E-state index in [2.05, 4.69) is 32.0 Å². The summed E-state index contributed by atoms with van der Waals surface area (Å²) in [6.45, 7) is 7.07. The van der Waals surface area contributed by atoms with Gasteiger partial charge >= 0.3 is 0 Å². The van der Waals surface area contributed by atoms with Gasteiger partial charge in [0.1, 0.15) is 5.76 Å². The highest BCUT2D eigenvalue weighted by molar-refractivity contribution is 5.40. The third-order valence-corrected chi connectivity index (χ3v) is 8.38. The van der Waals surface area contributed by atoms with E-state index in [4.69, 9.17) is 4.52 Å². The molecule has 1 aromatic rings. The minimum Gasteiger partial charge on any atom is -0.393 e. The molecule has 3 heteroatoms. The van der Waals surface area contributed by atoms with Gasteiger partial charge in [0.25, 0.3) is 0 Å². The number of hydrogen-bond donors (Lipinski definition) is 1. The molecule has 1 aromatic heterocycles. The van der Waals surface area contributed by atoms with Gasteiger partial charge in [-0.1, -0.05) is 30.7 Å². The lowest BCUT2D eigenvalue weighted by Crippen LogP contribution is -2.51. The monoisotopic (exact) mass is 327 g/mol. The lowest BCUT2D eigenvalue weighted by atomic mass is 9.47. The fourth-order valence-electron chi connectivity index (χ4n) is 7.14. The van der Waals surface area contributed by atoms with Crippen molar-refractivity contribution in [1.29, 1.82) is 0 Å². The molecule has 6 atom stereocenters. The Hall–Kier alpha value is -1.09. The van der Waals surface area contributed by atoms with E-state index < -0.39 is 0 Å². The molecule has 0 radical (unpaired) electrons. The topological polar surface area (TPSA) is 46.3 Å². The number of aryl methyl sites for hydroxylation is 1. The first-order chi connectivity index (χ1) is 11.4. The maximum atomic E-state index is 10.1. The summed E-state index contributed by atoms with van der Waals surface area (Å²) in [5.41, 5.74) is 4.69. The van der Waals surface area contributed by atoms with E-state index >= 15 is 0 Å². The van der Waals surface area contributed by atoms with Gasteiger partial charge in [0.2, 0.25) is 0 Å². The number of fused-ring (bicyclic) bond motifs is 7. The highest BCUT2D eigenvalue weighted by atomic mass is 16.5. The third-order valence-electron chi connectivity index (χ3n) is 8.38. The summed E-state index contributed by atoms with van der Waals surface area (Å²) in [6.07, 6.45) is 10.3. The molecule has 0 saturated heterocycles. The van der Waals surface area contributed by atoms with Crippen LogP contribution in [0.5, 0.6) is 0 Å². The quantitative estimate of drug-likeness (QED) is 0.722. The molecule has 0 amide bonds. The summed E-state index contributed by atoms with van der Waals surface area (Å²) in [5, 5.41) is 14.4. The zero-order chi connectivity index (χ0) is 16.7. The Balaban J connectivity index is 1.54. The van der Waals surface area contributed by atoms with Gasteiger partial charge in [0, 0.05) is 17.4 Å². The second-order valence-electron chi connectivity index (χ2n) is 9.38. The van der Waals surface area contributed by atoms with E-state index in [0.717, 1.165) is 43.2 Å². The van der Waals surface area contributed by atoms with Gasteiger partial charge in [-0.15, -0.1) is 0 Å². The number of aliphatic hydroxyl groups is 1. The van der Waals surface area contributed by atoms with Crippen molar-refractivity contribution in [3.8, 4) is 0 Å². The number of aromatic nitrogens is 1. The number of allylic oxidation sites excluding steroid dienone is 1. The van der Waals surface area contributed by atoms with Gasteiger partial charge in [0.05, 0.1) is 11.8 Å². The molecule has 4 aliphatic carbocycles. The molecule has 2 fully saturated rings. The Morgan fingerprint density at radius 3 is 2.75 bits per heavy atom. The SMILES string of the molecule is Cc1noc2c1[C@]1(C)CC[C@@H]3[C@H](CC=C4C[C@H](O)CC[C@]43C)[C@H]1C2. The maximum absolute atomic E-state index is 10.1. The normalized spacial score (nSPS) is 46.6. The summed E-state index contributed by atoms with van der Waals surface area (Å²) in [6, 6.07) is 0. The van der Waals surface area contributed by atoms with E-state index in [1.54, 1.807) is 5.57 Å². The second-order valence-corrected chi connectivity index (χ2v) is 9.38.